The highest BCUT2D eigenvalue weighted by Crippen LogP contribution is 2.32. The van der Waals surface area contributed by atoms with E-state index in [9.17, 15) is 4.79 Å². The summed E-state index contributed by atoms with van der Waals surface area (Å²) in [6, 6.07) is 8.11. The Hall–Kier alpha value is -2.74. The number of urea groups is 1. The number of rotatable bonds is 5. The molecule has 1 unspecified atom stereocenters. The average Bonchev–Trinajstić information content (AvgIpc) is 3.37. The Morgan fingerprint density at radius 3 is 2.75 bits per heavy atom. The van der Waals surface area contributed by atoms with Crippen LogP contribution in [0.25, 0.3) is 0 Å². The number of piperazine rings is 1. The number of fused-ring (bicyclic) bond motifs is 1. The van der Waals surface area contributed by atoms with E-state index in [1.165, 1.54) is 5.56 Å². The SMILES string of the molecule is CCC(C)n1nccc1NC(=O)N1CCN(Cc2ccc3c(c2)OCO3)CC1. The maximum absolute atomic E-state index is 12.6. The third kappa shape index (κ3) is 3.91. The molecule has 2 aliphatic heterocycles. The van der Waals surface area contributed by atoms with Crippen LogP contribution in [0.15, 0.2) is 30.5 Å². The third-order valence-corrected chi connectivity index (χ3v) is 5.42. The van der Waals surface area contributed by atoms with E-state index in [0.29, 0.717) is 19.9 Å². The molecule has 8 heteroatoms. The molecule has 1 atom stereocenters. The normalized spacial score (nSPS) is 17.6. The van der Waals surface area contributed by atoms with Gasteiger partial charge in [-0.3, -0.25) is 10.2 Å². The highest BCUT2D eigenvalue weighted by molar-refractivity contribution is 5.88. The smallest absolute Gasteiger partial charge is 0.323 e. The number of carbonyl (C=O) groups is 1. The van der Waals surface area contributed by atoms with Crippen molar-refractivity contribution < 1.29 is 14.3 Å². The van der Waals surface area contributed by atoms with Gasteiger partial charge < -0.3 is 14.4 Å². The molecule has 3 heterocycles. The Morgan fingerprint density at radius 1 is 1.18 bits per heavy atom. The van der Waals surface area contributed by atoms with Crippen LogP contribution in [0, 0.1) is 0 Å². The Balaban J connectivity index is 1.29. The monoisotopic (exact) mass is 385 g/mol. The molecule has 1 saturated heterocycles. The van der Waals surface area contributed by atoms with Gasteiger partial charge in [0.15, 0.2) is 11.5 Å². The fourth-order valence-electron chi connectivity index (χ4n) is 3.53. The zero-order chi connectivity index (χ0) is 19.5. The van der Waals surface area contributed by atoms with E-state index in [1.54, 1.807) is 6.20 Å². The van der Waals surface area contributed by atoms with E-state index in [-0.39, 0.29) is 12.1 Å². The lowest BCUT2D eigenvalue weighted by atomic mass is 10.1. The van der Waals surface area contributed by atoms with E-state index in [0.717, 1.165) is 43.4 Å². The number of carbonyl (C=O) groups excluding carboxylic acids is 1. The van der Waals surface area contributed by atoms with Crippen LogP contribution < -0.4 is 14.8 Å². The molecule has 8 nitrogen and oxygen atoms in total. The molecule has 1 fully saturated rings. The Morgan fingerprint density at radius 2 is 1.96 bits per heavy atom. The van der Waals surface area contributed by atoms with Crippen molar-refractivity contribution in [2.24, 2.45) is 0 Å². The van der Waals surface area contributed by atoms with Crippen LogP contribution in [0.4, 0.5) is 10.6 Å². The van der Waals surface area contributed by atoms with Crippen molar-refractivity contribution in [2.75, 3.05) is 38.3 Å². The first-order valence-electron chi connectivity index (χ1n) is 9.84. The van der Waals surface area contributed by atoms with Crippen molar-refractivity contribution in [1.82, 2.24) is 19.6 Å². The lowest BCUT2D eigenvalue weighted by Crippen LogP contribution is -2.49. The summed E-state index contributed by atoms with van der Waals surface area (Å²) >= 11 is 0. The molecule has 1 N–H and O–H groups in total. The van der Waals surface area contributed by atoms with E-state index in [4.69, 9.17) is 9.47 Å². The van der Waals surface area contributed by atoms with E-state index in [1.807, 2.05) is 27.8 Å². The van der Waals surface area contributed by atoms with Crippen LogP contribution in [0.5, 0.6) is 11.5 Å². The molecule has 0 bridgehead atoms. The number of nitrogens with one attached hydrogen (secondary N) is 1. The molecule has 4 rings (SSSR count). The van der Waals surface area contributed by atoms with E-state index < -0.39 is 0 Å². The topological polar surface area (TPSA) is 71.9 Å². The van der Waals surface area contributed by atoms with Crippen molar-refractivity contribution in [3.63, 3.8) is 0 Å². The van der Waals surface area contributed by atoms with Crippen LogP contribution in [-0.4, -0.2) is 58.6 Å². The molecule has 0 radical (unpaired) electrons. The van der Waals surface area contributed by atoms with Crippen molar-refractivity contribution in [2.45, 2.75) is 32.9 Å². The second kappa shape index (κ2) is 8.10. The predicted octanol–water partition coefficient (Wildman–Crippen LogP) is 2.93. The molecule has 0 spiro atoms. The molecule has 28 heavy (non-hydrogen) atoms. The second-order valence-electron chi connectivity index (χ2n) is 7.30. The minimum atomic E-state index is -0.0622. The third-order valence-electron chi connectivity index (χ3n) is 5.42. The lowest BCUT2D eigenvalue weighted by molar-refractivity contribution is 0.142. The van der Waals surface area contributed by atoms with E-state index >= 15 is 0 Å². The Bertz CT molecular complexity index is 829. The van der Waals surface area contributed by atoms with Gasteiger partial charge in [-0.15, -0.1) is 0 Å². The van der Waals surface area contributed by atoms with Crippen LogP contribution >= 0.6 is 0 Å². The molecule has 1 aromatic heterocycles. The molecular weight excluding hydrogens is 358 g/mol. The van der Waals surface area contributed by atoms with Crippen LogP contribution in [0.1, 0.15) is 31.9 Å². The average molecular weight is 385 g/mol. The number of aromatic nitrogens is 2. The number of ether oxygens (including phenoxy) is 2. The van der Waals surface area contributed by atoms with Crippen molar-refractivity contribution in [1.29, 1.82) is 0 Å². The molecular formula is C20H27N5O3. The summed E-state index contributed by atoms with van der Waals surface area (Å²) in [5.41, 5.74) is 1.19. The van der Waals surface area contributed by atoms with Gasteiger partial charge in [0.25, 0.3) is 0 Å². The second-order valence-corrected chi connectivity index (χ2v) is 7.30. The van der Waals surface area contributed by atoms with Crippen LogP contribution in [0.2, 0.25) is 0 Å². The number of nitrogens with zero attached hydrogens (tertiary/aromatic N) is 4. The van der Waals surface area contributed by atoms with Gasteiger partial charge in [0.05, 0.1) is 12.2 Å². The quantitative estimate of drug-likeness (QED) is 0.857. The van der Waals surface area contributed by atoms with Gasteiger partial charge in [0.2, 0.25) is 6.79 Å². The molecule has 150 valence electrons. The number of hydrogen-bond donors (Lipinski definition) is 1. The van der Waals surface area contributed by atoms with Gasteiger partial charge in [-0.2, -0.15) is 5.10 Å². The summed E-state index contributed by atoms with van der Waals surface area (Å²) in [4.78, 5) is 16.9. The van der Waals surface area contributed by atoms with Crippen molar-refractivity contribution >= 4 is 11.8 Å². The summed E-state index contributed by atoms with van der Waals surface area (Å²) in [5.74, 6) is 2.37. The summed E-state index contributed by atoms with van der Waals surface area (Å²) in [7, 11) is 0. The minimum absolute atomic E-state index is 0.0622. The largest absolute Gasteiger partial charge is 0.454 e. The van der Waals surface area contributed by atoms with Gasteiger partial charge in [-0.25, -0.2) is 9.48 Å². The highest BCUT2D eigenvalue weighted by Gasteiger charge is 2.23. The number of anilines is 1. The van der Waals surface area contributed by atoms with Crippen molar-refractivity contribution in [3.8, 4) is 11.5 Å². The number of benzene rings is 1. The summed E-state index contributed by atoms with van der Waals surface area (Å²) in [6.45, 7) is 8.42. The zero-order valence-electron chi connectivity index (χ0n) is 16.4. The number of amides is 2. The first-order chi connectivity index (χ1) is 13.6. The fraction of sp³-hybridized carbons (Fsp3) is 0.500. The molecule has 2 aromatic rings. The predicted molar refractivity (Wildman–Crippen MR) is 106 cm³/mol. The van der Waals surface area contributed by atoms with Gasteiger partial charge >= 0.3 is 6.03 Å². The maximum atomic E-state index is 12.6. The lowest BCUT2D eigenvalue weighted by Gasteiger charge is -2.34. The minimum Gasteiger partial charge on any atom is -0.454 e. The van der Waals surface area contributed by atoms with Crippen LogP contribution in [0.3, 0.4) is 0 Å². The zero-order valence-corrected chi connectivity index (χ0v) is 16.4. The summed E-state index contributed by atoms with van der Waals surface area (Å²) in [5, 5.41) is 7.33. The van der Waals surface area contributed by atoms with Gasteiger partial charge in [0, 0.05) is 38.8 Å². The van der Waals surface area contributed by atoms with Gasteiger partial charge in [0.1, 0.15) is 5.82 Å². The standard InChI is InChI=1S/C20H27N5O3/c1-3-15(2)25-19(6-7-21-25)22-20(26)24-10-8-23(9-11-24)13-16-4-5-17-18(12-16)28-14-27-17/h4-7,12,15H,3,8-11,13-14H2,1-2H3,(H,22,26). The molecule has 2 amide bonds. The first kappa shape index (κ1) is 18.6. The molecule has 2 aliphatic rings. The van der Waals surface area contributed by atoms with Crippen molar-refractivity contribution in [3.05, 3.63) is 36.0 Å². The van der Waals surface area contributed by atoms with E-state index in [2.05, 4.69) is 35.2 Å². The Kier molecular flexibility index (Phi) is 5.38. The first-order valence-corrected chi connectivity index (χ1v) is 9.84. The van der Waals surface area contributed by atoms with Gasteiger partial charge in [-0.05, 0) is 31.0 Å². The molecule has 0 aliphatic carbocycles. The van der Waals surface area contributed by atoms with Gasteiger partial charge in [-0.1, -0.05) is 13.0 Å². The summed E-state index contributed by atoms with van der Waals surface area (Å²) < 4.78 is 12.7. The highest BCUT2D eigenvalue weighted by atomic mass is 16.7. The fourth-order valence-corrected chi connectivity index (χ4v) is 3.53. The number of hydrogen-bond acceptors (Lipinski definition) is 5. The molecule has 1 aromatic carbocycles. The Labute approximate surface area is 165 Å². The van der Waals surface area contributed by atoms with Crippen LogP contribution in [-0.2, 0) is 6.54 Å². The molecule has 0 saturated carbocycles. The maximum Gasteiger partial charge on any atom is 0.323 e. The summed E-state index contributed by atoms with van der Waals surface area (Å²) in [6.07, 6.45) is 2.69.